The number of amides is 1. The second-order valence-corrected chi connectivity index (χ2v) is 11.5. The molecule has 0 saturated carbocycles. The Morgan fingerprint density at radius 3 is 2.14 bits per heavy atom. The second kappa shape index (κ2) is 13.2. The molecule has 1 fully saturated rings. The first kappa shape index (κ1) is 32.7. The Bertz CT molecular complexity index is 1470. The lowest BCUT2D eigenvalue weighted by atomic mass is 9.89. The van der Waals surface area contributed by atoms with E-state index >= 15 is 0 Å². The minimum absolute atomic E-state index is 0.272. The number of rotatable bonds is 8. The zero-order chi connectivity index (χ0) is 32.3. The molecule has 1 N–H and O–H groups in total. The van der Waals surface area contributed by atoms with Crippen molar-refractivity contribution in [2.45, 2.75) is 84.1 Å². The Balaban J connectivity index is 1.72. The van der Waals surface area contributed by atoms with Crippen LogP contribution in [0.4, 0.5) is 5.69 Å². The highest BCUT2D eigenvalue weighted by atomic mass is 35.5. The summed E-state index contributed by atoms with van der Waals surface area (Å²) in [6.07, 6.45) is -5.61. The van der Waals surface area contributed by atoms with Gasteiger partial charge in [0.25, 0.3) is 5.91 Å². The molecule has 2 aliphatic rings. The van der Waals surface area contributed by atoms with E-state index in [-0.39, 0.29) is 12.5 Å². The molecule has 4 rings (SSSR count). The number of ether oxygens (including phenoxy) is 6. The number of benzene rings is 2. The molecule has 44 heavy (non-hydrogen) atoms. The van der Waals surface area contributed by atoms with Crippen LogP contribution < -0.4 is 10.1 Å². The Kier molecular flexibility index (Phi) is 9.85. The fraction of sp³-hybridized carbons (Fsp3) is 0.452. The molecule has 1 unspecified atom stereocenters. The minimum Gasteiger partial charge on any atom is -0.476 e. The van der Waals surface area contributed by atoms with Gasteiger partial charge in [-0.1, -0.05) is 29.8 Å². The van der Waals surface area contributed by atoms with Crippen molar-refractivity contribution >= 4 is 47.1 Å². The molecular formula is C31H34ClNO11. The van der Waals surface area contributed by atoms with Crippen molar-refractivity contribution in [1.82, 2.24) is 0 Å². The van der Waals surface area contributed by atoms with Gasteiger partial charge in [0.15, 0.2) is 23.9 Å². The number of carbonyl (C=O) groups excluding carboxylic acids is 5. The van der Waals surface area contributed by atoms with Crippen molar-refractivity contribution in [3.05, 3.63) is 58.1 Å². The predicted octanol–water partition coefficient (Wildman–Crippen LogP) is 3.84. The average molecular weight is 632 g/mol. The molecule has 236 valence electrons. The molecular weight excluding hydrogens is 598 g/mol. The molecule has 1 saturated heterocycles. The van der Waals surface area contributed by atoms with E-state index in [0.717, 1.165) is 19.4 Å². The lowest BCUT2D eigenvalue weighted by molar-refractivity contribution is -0.254. The van der Waals surface area contributed by atoms with Crippen molar-refractivity contribution in [2.75, 3.05) is 11.9 Å². The number of nitrogens with one attached hydrogen (secondary N) is 1. The summed E-state index contributed by atoms with van der Waals surface area (Å²) in [6.45, 7) is 7.72. The van der Waals surface area contributed by atoms with E-state index in [2.05, 4.69) is 5.32 Å². The van der Waals surface area contributed by atoms with E-state index in [4.69, 9.17) is 40.0 Å². The van der Waals surface area contributed by atoms with Gasteiger partial charge in [-0.05, 0) is 55.2 Å². The molecule has 0 bridgehead atoms. The van der Waals surface area contributed by atoms with Gasteiger partial charge in [0, 0.05) is 32.7 Å². The summed E-state index contributed by atoms with van der Waals surface area (Å²) in [6, 6.07) is 10.5. The van der Waals surface area contributed by atoms with Gasteiger partial charge in [-0.2, -0.15) is 0 Å². The summed E-state index contributed by atoms with van der Waals surface area (Å²) in [7, 11) is 0. The van der Waals surface area contributed by atoms with Gasteiger partial charge in [-0.15, -0.1) is 0 Å². The van der Waals surface area contributed by atoms with Crippen LogP contribution in [0.3, 0.4) is 0 Å². The largest absolute Gasteiger partial charge is 0.476 e. The molecule has 5 atom stereocenters. The first-order valence-corrected chi connectivity index (χ1v) is 14.2. The standard InChI is InChI=1S/C31H34ClNO11/c1-15(34)39-14-25-27(40-16(2)35)29(42-18(4)37)28(41-17(3)36)26(43-25)20-8-9-22(32)21(13-20)11-19-7-10-24-23(12-19)33-30(38)31(5,6)44-24/h7-10,12-13,25-29H,11,14H2,1-6H3,(H,33,38)/t25-,26+,27-,28+,29?/m1/s1. The smallest absolute Gasteiger partial charge is 0.303 e. The number of fused-ring (bicyclic) bond motifs is 1. The van der Waals surface area contributed by atoms with Gasteiger partial charge < -0.3 is 33.7 Å². The second-order valence-electron chi connectivity index (χ2n) is 11.0. The summed E-state index contributed by atoms with van der Waals surface area (Å²) in [5.74, 6) is -2.48. The van der Waals surface area contributed by atoms with Crippen molar-refractivity contribution in [3.63, 3.8) is 0 Å². The number of anilines is 1. The molecule has 2 heterocycles. The molecule has 0 aliphatic carbocycles. The summed E-state index contributed by atoms with van der Waals surface area (Å²) >= 11 is 6.60. The van der Waals surface area contributed by atoms with Crippen LogP contribution in [0.2, 0.25) is 5.02 Å². The third-order valence-electron chi connectivity index (χ3n) is 6.99. The third-order valence-corrected chi connectivity index (χ3v) is 7.36. The Morgan fingerprint density at radius 1 is 0.864 bits per heavy atom. The molecule has 12 nitrogen and oxygen atoms in total. The van der Waals surface area contributed by atoms with E-state index in [1.54, 1.807) is 44.2 Å². The molecule has 2 aromatic carbocycles. The Morgan fingerprint density at radius 2 is 1.50 bits per heavy atom. The maximum absolute atomic E-state index is 12.4. The fourth-order valence-corrected chi connectivity index (χ4v) is 5.28. The minimum atomic E-state index is -1.30. The van der Waals surface area contributed by atoms with Crippen molar-refractivity contribution in [2.24, 2.45) is 0 Å². The van der Waals surface area contributed by atoms with E-state index < -0.39 is 60.0 Å². The highest BCUT2D eigenvalue weighted by Gasteiger charge is 2.52. The molecule has 2 aliphatic heterocycles. The zero-order valence-electron chi connectivity index (χ0n) is 25.1. The number of hydrogen-bond acceptors (Lipinski definition) is 11. The van der Waals surface area contributed by atoms with Crippen LogP contribution in [0.15, 0.2) is 36.4 Å². The van der Waals surface area contributed by atoms with Crippen LogP contribution in [0, 0.1) is 0 Å². The SMILES string of the molecule is CC(=O)OC[C@H]1O[C@@H](c2ccc(Cl)c(Cc3ccc4c(c3)NC(=O)C(C)(C)O4)c2)[C@H](OC(C)=O)C(OC(C)=O)[C@@H]1OC(C)=O. The monoisotopic (exact) mass is 631 g/mol. The van der Waals surface area contributed by atoms with Crippen molar-refractivity contribution in [3.8, 4) is 5.75 Å². The summed E-state index contributed by atoms with van der Waals surface area (Å²) in [5, 5.41) is 3.29. The van der Waals surface area contributed by atoms with E-state index in [1.165, 1.54) is 13.8 Å². The van der Waals surface area contributed by atoms with Gasteiger partial charge in [0.1, 0.15) is 24.6 Å². The van der Waals surface area contributed by atoms with Gasteiger partial charge in [-0.25, -0.2) is 0 Å². The lowest BCUT2D eigenvalue weighted by Gasteiger charge is -2.44. The number of hydrogen-bond donors (Lipinski definition) is 1. The Hall–Kier alpha value is -4.16. The van der Waals surface area contributed by atoms with E-state index in [1.807, 2.05) is 6.07 Å². The molecule has 0 spiro atoms. The van der Waals surface area contributed by atoms with Crippen LogP contribution in [0.5, 0.6) is 5.75 Å². The van der Waals surface area contributed by atoms with Gasteiger partial charge >= 0.3 is 23.9 Å². The van der Waals surface area contributed by atoms with Crippen LogP contribution in [-0.2, 0) is 54.1 Å². The lowest BCUT2D eigenvalue weighted by Crippen LogP contribution is -2.59. The number of carbonyl (C=O) groups is 5. The maximum Gasteiger partial charge on any atom is 0.303 e. The maximum atomic E-state index is 12.4. The summed E-state index contributed by atoms with van der Waals surface area (Å²) < 4.78 is 33.9. The zero-order valence-corrected chi connectivity index (χ0v) is 25.9. The quantitative estimate of drug-likeness (QED) is 0.334. The van der Waals surface area contributed by atoms with Crippen LogP contribution in [0.1, 0.15) is 64.3 Å². The molecule has 1 amide bonds. The topological polar surface area (TPSA) is 153 Å². The van der Waals surface area contributed by atoms with Crippen molar-refractivity contribution < 1.29 is 52.4 Å². The fourth-order valence-electron chi connectivity index (χ4n) is 5.09. The first-order chi connectivity index (χ1) is 20.6. The first-order valence-electron chi connectivity index (χ1n) is 13.9. The van der Waals surface area contributed by atoms with Gasteiger partial charge in [-0.3, -0.25) is 24.0 Å². The normalized spacial score (nSPS) is 23.7. The molecule has 2 aromatic rings. The molecule has 13 heteroatoms. The van der Waals surface area contributed by atoms with E-state index in [9.17, 15) is 24.0 Å². The average Bonchev–Trinajstić information content (AvgIpc) is 2.91. The number of halogens is 1. The summed E-state index contributed by atoms with van der Waals surface area (Å²) in [5.41, 5.74) is 1.50. The van der Waals surface area contributed by atoms with Gasteiger partial charge in [0.05, 0.1) is 5.69 Å². The van der Waals surface area contributed by atoms with Crippen LogP contribution in [-0.4, -0.2) is 66.4 Å². The number of esters is 4. The third kappa shape index (κ3) is 7.67. The highest BCUT2D eigenvalue weighted by Crippen LogP contribution is 2.40. The predicted molar refractivity (Wildman–Crippen MR) is 155 cm³/mol. The van der Waals surface area contributed by atoms with Gasteiger partial charge in [0.2, 0.25) is 0 Å². The van der Waals surface area contributed by atoms with Crippen LogP contribution >= 0.6 is 11.6 Å². The van der Waals surface area contributed by atoms with Crippen LogP contribution in [0.25, 0.3) is 0 Å². The molecule has 0 aromatic heterocycles. The molecule has 0 radical (unpaired) electrons. The van der Waals surface area contributed by atoms with Crippen molar-refractivity contribution in [1.29, 1.82) is 0 Å². The Labute approximate surface area is 259 Å². The summed E-state index contributed by atoms with van der Waals surface area (Å²) in [4.78, 5) is 60.5. The highest BCUT2D eigenvalue weighted by molar-refractivity contribution is 6.31. The van der Waals surface area contributed by atoms with E-state index in [0.29, 0.717) is 34.0 Å².